The van der Waals surface area contributed by atoms with Gasteiger partial charge < -0.3 is 10.1 Å². The summed E-state index contributed by atoms with van der Waals surface area (Å²) in [7, 11) is 1.53. The second kappa shape index (κ2) is 5.98. The summed E-state index contributed by atoms with van der Waals surface area (Å²) in [5.74, 6) is -0.0291. The molecule has 0 aromatic heterocycles. The molecule has 0 unspecified atom stereocenters. The maximum atomic E-state index is 11.1. The standard InChI is InChI=1S/C10H20N2O2/c1-9(12-5-3-4-6-12)7-11-10(13)8-14-2/h9H,3-8H2,1-2H3,(H,11,13)/t9-/m1/s1. The van der Waals surface area contributed by atoms with Gasteiger partial charge in [0, 0.05) is 19.7 Å². The van der Waals surface area contributed by atoms with Gasteiger partial charge in [-0.3, -0.25) is 9.69 Å². The van der Waals surface area contributed by atoms with Gasteiger partial charge in [-0.1, -0.05) is 0 Å². The van der Waals surface area contributed by atoms with Crippen molar-refractivity contribution in [3.05, 3.63) is 0 Å². The van der Waals surface area contributed by atoms with Gasteiger partial charge in [-0.25, -0.2) is 0 Å². The maximum Gasteiger partial charge on any atom is 0.246 e. The molecule has 82 valence electrons. The Morgan fingerprint density at radius 3 is 2.71 bits per heavy atom. The van der Waals surface area contributed by atoms with Crippen LogP contribution in [0.5, 0.6) is 0 Å². The predicted octanol–water partition coefficient (Wildman–Crippen LogP) is 0.233. The zero-order chi connectivity index (χ0) is 10.4. The Hall–Kier alpha value is -0.610. The van der Waals surface area contributed by atoms with Crippen molar-refractivity contribution in [3.8, 4) is 0 Å². The Morgan fingerprint density at radius 1 is 1.50 bits per heavy atom. The van der Waals surface area contributed by atoms with Gasteiger partial charge in [0.05, 0.1) is 0 Å². The molecule has 1 aliphatic rings. The van der Waals surface area contributed by atoms with Gasteiger partial charge in [0.1, 0.15) is 6.61 Å². The van der Waals surface area contributed by atoms with Crippen molar-refractivity contribution in [1.82, 2.24) is 10.2 Å². The fourth-order valence-electron chi connectivity index (χ4n) is 1.76. The highest BCUT2D eigenvalue weighted by molar-refractivity contribution is 5.77. The number of likely N-dealkylation sites (tertiary alicyclic amines) is 1. The Bertz CT molecular complexity index is 179. The zero-order valence-electron chi connectivity index (χ0n) is 9.08. The van der Waals surface area contributed by atoms with E-state index in [1.165, 1.54) is 33.0 Å². The molecular formula is C10H20N2O2. The molecule has 1 atom stereocenters. The molecule has 4 heteroatoms. The second-order valence-electron chi connectivity index (χ2n) is 3.83. The summed E-state index contributed by atoms with van der Waals surface area (Å²) in [6.45, 7) is 5.37. The van der Waals surface area contributed by atoms with Crippen molar-refractivity contribution < 1.29 is 9.53 Å². The van der Waals surface area contributed by atoms with E-state index in [1.54, 1.807) is 0 Å². The Labute approximate surface area is 85.6 Å². The quantitative estimate of drug-likeness (QED) is 0.691. The van der Waals surface area contributed by atoms with Gasteiger partial charge >= 0.3 is 0 Å². The van der Waals surface area contributed by atoms with Gasteiger partial charge in [-0.15, -0.1) is 0 Å². The third kappa shape index (κ3) is 3.64. The molecule has 1 N–H and O–H groups in total. The number of ether oxygens (including phenoxy) is 1. The molecule has 0 aliphatic carbocycles. The van der Waals surface area contributed by atoms with E-state index in [2.05, 4.69) is 17.1 Å². The summed E-state index contributed by atoms with van der Waals surface area (Å²) in [5.41, 5.74) is 0. The van der Waals surface area contributed by atoms with E-state index in [1.807, 2.05) is 0 Å². The average molecular weight is 200 g/mol. The molecule has 14 heavy (non-hydrogen) atoms. The van der Waals surface area contributed by atoms with Crippen molar-refractivity contribution in [2.24, 2.45) is 0 Å². The van der Waals surface area contributed by atoms with E-state index >= 15 is 0 Å². The molecule has 0 aromatic rings. The van der Waals surface area contributed by atoms with Crippen LogP contribution >= 0.6 is 0 Å². The number of nitrogens with one attached hydrogen (secondary N) is 1. The number of methoxy groups -OCH3 is 1. The number of amides is 1. The van der Waals surface area contributed by atoms with Gasteiger partial charge in [0.15, 0.2) is 0 Å². The Balaban J connectivity index is 2.13. The average Bonchev–Trinajstić information content (AvgIpc) is 2.67. The van der Waals surface area contributed by atoms with Crippen molar-refractivity contribution in [2.45, 2.75) is 25.8 Å². The predicted molar refractivity (Wildman–Crippen MR) is 55.2 cm³/mol. The minimum Gasteiger partial charge on any atom is -0.375 e. The van der Waals surface area contributed by atoms with Crippen LogP contribution in [-0.2, 0) is 9.53 Å². The molecule has 1 fully saturated rings. The lowest BCUT2D eigenvalue weighted by molar-refractivity contribution is -0.124. The second-order valence-corrected chi connectivity index (χ2v) is 3.83. The molecule has 1 rings (SSSR count). The number of carbonyl (C=O) groups excluding carboxylic acids is 1. The summed E-state index contributed by atoms with van der Waals surface area (Å²) in [6.07, 6.45) is 2.58. The number of hydrogen-bond acceptors (Lipinski definition) is 3. The molecule has 0 aromatic carbocycles. The number of hydrogen-bond donors (Lipinski definition) is 1. The summed E-state index contributed by atoms with van der Waals surface area (Å²) < 4.78 is 4.74. The van der Waals surface area contributed by atoms with Gasteiger partial charge in [-0.2, -0.15) is 0 Å². The van der Waals surface area contributed by atoms with E-state index in [9.17, 15) is 4.79 Å². The Kier molecular flexibility index (Phi) is 4.90. The summed E-state index contributed by atoms with van der Waals surface area (Å²) in [5, 5.41) is 2.85. The fourth-order valence-corrected chi connectivity index (χ4v) is 1.76. The maximum absolute atomic E-state index is 11.1. The largest absolute Gasteiger partial charge is 0.375 e. The molecule has 1 saturated heterocycles. The first-order chi connectivity index (χ1) is 6.74. The molecule has 1 amide bonds. The summed E-state index contributed by atoms with van der Waals surface area (Å²) in [4.78, 5) is 13.5. The first-order valence-electron chi connectivity index (χ1n) is 5.23. The van der Waals surface area contributed by atoms with E-state index < -0.39 is 0 Å². The SMILES string of the molecule is COCC(=O)NC[C@@H](C)N1CCCC1. The molecular weight excluding hydrogens is 180 g/mol. The third-order valence-corrected chi connectivity index (χ3v) is 2.63. The molecule has 1 aliphatic heterocycles. The van der Waals surface area contributed by atoms with Crippen LogP contribution in [0.15, 0.2) is 0 Å². The molecule has 0 radical (unpaired) electrons. The summed E-state index contributed by atoms with van der Waals surface area (Å²) >= 11 is 0. The first-order valence-corrected chi connectivity index (χ1v) is 5.23. The molecule has 1 heterocycles. The van der Waals surface area contributed by atoms with Crippen molar-refractivity contribution in [2.75, 3.05) is 33.4 Å². The van der Waals surface area contributed by atoms with Crippen LogP contribution in [-0.4, -0.2) is 50.2 Å². The monoisotopic (exact) mass is 200 g/mol. The number of nitrogens with zero attached hydrogens (tertiary/aromatic N) is 1. The molecule has 0 spiro atoms. The highest BCUT2D eigenvalue weighted by atomic mass is 16.5. The van der Waals surface area contributed by atoms with Crippen LogP contribution in [0.3, 0.4) is 0 Å². The topological polar surface area (TPSA) is 41.6 Å². The first kappa shape index (κ1) is 11.5. The van der Waals surface area contributed by atoms with Gasteiger partial charge in [0.25, 0.3) is 0 Å². The highest BCUT2D eigenvalue weighted by Gasteiger charge is 2.17. The number of carbonyl (C=O) groups is 1. The van der Waals surface area contributed by atoms with E-state index in [0.29, 0.717) is 6.04 Å². The fraction of sp³-hybridized carbons (Fsp3) is 0.900. The minimum absolute atomic E-state index is 0.0291. The molecule has 4 nitrogen and oxygen atoms in total. The zero-order valence-corrected chi connectivity index (χ0v) is 9.08. The van der Waals surface area contributed by atoms with Gasteiger partial charge in [-0.05, 0) is 32.9 Å². The third-order valence-electron chi connectivity index (χ3n) is 2.63. The molecule has 0 bridgehead atoms. The van der Waals surface area contributed by atoms with Crippen LogP contribution < -0.4 is 5.32 Å². The lowest BCUT2D eigenvalue weighted by atomic mass is 10.3. The van der Waals surface area contributed by atoms with E-state index in [4.69, 9.17) is 4.74 Å². The van der Waals surface area contributed by atoms with E-state index in [0.717, 1.165) is 6.54 Å². The smallest absolute Gasteiger partial charge is 0.246 e. The van der Waals surface area contributed by atoms with Gasteiger partial charge in [0.2, 0.25) is 5.91 Å². The van der Waals surface area contributed by atoms with Crippen LogP contribution in [0.4, 0.5) is 0 Å². The minimum atomic E-state index is -0.0291. The number of rotatable bonds is 5. The van der Waals surface area contributed by atoms with Crippen molar-refractivity contribution in [1.29, 1.82) is 0 Å². The van der Waals surface area contributed by atoms with E-state index in [-0.39, 0.29) is 12.5 Å². The normalized spacial score (nSPS) is 19.6. The van der Waals surface area contributed by atoms with Crippen LogP contribution in [0.25, 0.3) is 0 Å². The van der Waals surface area contributed by atoms with Crippen molar-refractivity contribution in [3.63, 3.8) is 0 Å². The van der Waals surface area contributed by atoms with Crippen LogP contribution in [0.1, 0.15) is 19.8 Å². The van der Waals surface area contributed by atoms with Crippen LogP contribution in [0.2, 0.25) is 0 Å². The highest BCUT2D eigenvalue weighted by Crippen LogP contribution is 2.10. The lowest BCUT2D eigenvalue weighted by Gasteiger charge is -2.23. The molecule has 0 saturated carbocycles. The van der Waals surface area contributed by atoms with Crippen LogP contribution in [0, 0.1) is 0 Å². The van der Waals surface area contributed by atoms with Crippen molar-refractivity contribution >= 4 is 5.91 Å². The summed E-state index contributed by atoms with van der Waals surface area (Å²) in [6, 6.07) is 0.443. The Morgan fingerprint density at radius 2 is 2.14 bits per heavy atom. The lowest BCUT2D eigenvalue weighted by Crippen LogP contribution is -2.41.